The number of benzene rings is 3. The molecule has 1 aromatic heterocycles. The van der Waals surface area contributed by atoms with Crippen molar-refractivity contribution in [3.63, 3.8) is 0 Å². The molecular weight excluding hydrogens is 407 g/mol. The Kier molecular flexibility index (Phi) is 5.60. The molecule has 0 atom stereocenters. The van der Waals surface area contributed by atoms with Gasteiger partial charge in [0.2, 0.25) is 5.91 Å². The van der Waals surface area contributed by atoms with Crippen LogP contribution in [0, 0.1) is 12.7 Å². The molecule has 0 saturated heterocycles. The molecule has 3 nitrogen and oxygen atoms in total. The SMILES string of the molecule is Cc1c(Cl)ccc2sc(N(Cc3ccccc3)C(=O)Cc3ccc(F)cc3)nc12. The molecule has 6 heteroatoms. The molecule has 146 valence electrons. The third kappa shape index (κ3) is 4.31. The summed E-state index contributed by atoms with van der Waals surface area (Å²) >= 11 is 7.71. The third-order valence-electron chi connectivity index (χ3n) is 4.72. The van der Waals surface area contributed by atoms with Crippen LogP contribution < -0.4 is 4.90 Å². The zero-order valence-corrected chi connectivity index (χ0v) is 17.3. The summed E-state index contributed by atoms with van der Waals surface area (Å²) in [5, 5.41) is 1.28. The van der Waals surface area contributed by atoms with Gasteiger partial charge in [-0.15, -0.1) is 0 Å². The fraction of sp³-hybridized carbons (Fsp3) is 0.130. The van der Waals surface area contributed by atoms with Crippen LogP contribution in [0.2, 0.25) is 5.02 Å². The standard InChI is InChI=1S/C23H18ClFN2OS/c1-15-19(24)11-12-20-22(15)26-23(29-20)27(14-17-5-3-2-4-6-17)21(28)13-16-7-9-18(25)10-8-16/h2-12H,13-14H2,1H3. The Hall–Kier alpha value is -2.76. The van der Waals surface area contributed by atoms with Crippen molar-refractivity contribution in [1.82, 2.24) is 4.98 Å². The first-order valence-electron chi connectivity index (χ1n) is 9.15. The third-order valence-corrected chi connectivity index (χ3v) is 6.17. The van der Waals surface area contributed by atoms with Gasteiger partial charge < -0.3 is 0 Å². The quantitative estimate of drug-likeness (QED) is 0.383. The van der Waals surface area contributed by atoms with Crippen LogP contribution >= 0.6 is 22.9 Å². The van der Waals surface area contributed by atoms with Gasteiger partial charge in [-0.1, -0.05) is 65.4 Å². The maximum atomic E-state index is 13.2. The number of fused-ring (bicyclic) bond motifs is 1. The van der Waals surface area contributed by atoms with Gasteiger partial charge in [-0.05, 0) is 47.9 Å². The van der Waals surface area contributed by atoms with E-state index in [4.69, 9.17) is 16.6 Å². The number of aromatic nitrogens is 1. The maximum Gasteiger partial charge on any atom is 0.233 e. The van der Waals surface area contributed by atoms with Gasteiger partial charge in [0.15, 0.2) is 5.13 Å². The summed E-state index contributed by atoms with van der Waals surface area (Å²) in [6.07, 6.45) is 0.169. The summed E-state index contributed by atoms with van der Waals surface area (Å²) in [6, 6.07) is 19.6. The van der Waals surface area contributed by atoms with Crippen LogP contribution in [0.15, 0.2) is 66.7 Å². The number of nitrogens with zero attached hydrogens (tertiary/aromatic N) is 2. The second-order valence-corrected chi connectivity index (χ2v) is 8.20. The molecule has 3 aromatic carbocycles. The van der Waals surface area contributed by atoms with Crippen LogP contribution in [0.25, 0.3) is 10.2 Å². The van der Waals surface area contributed by atoms with Gasteiger partial charge in [0.25, 0.3) is 0 Å². The summed E-state index contributed by atoms with van der Waals surface area (Å²) in [5.41, 5.74) is 3.48. The number of hydrogen-bond acceptors (Lipinski definition) is 3. The summed E-state index contributed by atoms with van der Waals surface area (Å²) in [5.74, 6) is -0.413. The topological polar surface area (TPSA) is 33.2 Å². The van der Waals surface area contributed by atoms with Gasteiger partial charge >= 0.3 is 0 Å². The number of thiazole rings is 1. The number of carbonyl (C=O) groups excluding carboxylic acids is 1. The molecule has 4 aromatic rings. The summed E-state index contributed by atoms with van der Waals surface area (Å²) < 4.78 is 14.2. The lowest BCUT2D eigenvalue weighted by Gasteiger charge is -2.20. The number of carbonyl (C=O) groups is 1. The number of anilines is 1. The van der Waals surface area contributed by atoms with Crippen molar-refractivity contribution in [2.45, 2.75) is 19.9 Å². The van der Waals surface area contributed by atoms with Crippen molar-refractivity contribution in [1.29, 1.82) is 0 Å². The highest BCUT2D eigenvalue weighted by Crippen LogP contribution is 2.34. The Morgan fingerprint density at radius 2 is 1.76 bits per heavy atom. The van der Waals surface area contributed by atoms with Gasteiger partial charge in [-0.3, -0.25) is 9.69 Å². The summed E-state index contributed by atoms with van der Waals surface area (Å²) in [7, 11) is 0. The Bertz CT molecular complexity index is 1160. The number of aryl methyl sites for hydroxylation is 1. The lowest BCUT2D eigenvalue weighted by molar-refractivity contribution is -0.118. The zero-order valence-electron chi connectivity index (χ0n) is 15.7. The summed E-state index contributed by atoms with van der Waals surface area (Å²) in [4.78, 5) is 19.6. The molecule has 0 bridgehead atoms. The smallest absolute Gasteiger partial charge is 0.233 e. The maximum absolute atomic E-state index is 13.2. The van der Waals surface area contributed by atoms with Crippen LogP contribution in [-0.4, -0.2) is 10.9 Å². The number of amides is 1. The predicted molar refractivity (Wildman–Crippen MR) is 117 cm³/mol. The monoisotopic (exact) mass is 424 g/mol. The van der Waals surface area contributed by atoms with E-state index in [1.807, 2.05) is 49.4 Å². The van der Waals surface area contributed by atoms with Gasteiger partial charge in [0, 0.05) is 5.02 Å². The fourth-order valence-electron chi connectivity index (χ4n) is 3.11. The molecule has 29 heavy (non-hydrogen) atoms. The van der Waals surface area contributed by atoms with Crippen LogP contribution in [0.5, 0.6) is 0 Å². The van der Waals surface area contributed by atoms with Gasteiger partial charge in [0.05, 0.1) is 23.2 Å². The minimum atomic E-state index is -0.319. The molecule has 4 rings (SSSR count). The molecule has 0 unspecified atom stereocenters. The van der Waals surface area contributed by atoms with E-state index >= 15 is 0 Å². The molecule has 0 N–H and O–H groups in total. The van der Waals surface area contributed by atoms with E-state index in [1.54, 1.807) is 17.0 Å². The fourth-order valence-corrected chi connectivity index (χ4v) is 4.30. The highest BCUT2D eigenvalue weighted by molar-refractivity contribution is 7.22. The average Bonchev–Trinajstić information content (AvgIpc) is 3.16. The first-order chi connectivity index (χ1) is 14.0. The molecule has 0 radical (unpaired) electrons. The molecular formula is C23H18ClFN2OS. The molecule has 0 aliphatic carbocycles. The van der Waals surface area contributed by atoms with Crippen molar-refractivity contribution >= 4 is 44.2 Å². The molecule has 0 spiro atoms. The molecule has 0 fully saturated rings. The molecule has 0 aliphatic heterocycles. The Morgan fingerprint density at radius 1 is 1.03 bits per heavy atom. The number of rotatable bonds is 5. The van der Waals surface area contributed by atoms with Crippen LogP contribution in [0.3, 0.4) is 0 Å². The number of hydrogen-bond donors (Lipinski definition) is 0. The minimum absolute atomic E-state index is 0.0942. The second-order valence-electron chi connectivity index (χ2n) is 6.78. The van der Waals surface area contributed by atoms with E-state index in [0.717, 1.165) is 26.9 Å². The van der Waals surface area contributed by atoms with E-state index in [1.165, 1.54) is 23.5 Å². The van der Waals surface area contributed by atoms with Crippen molar-refractivity contribution in [2.24, 2.45) is 0 Å². The molecule has 1 amide bonds. The van der Waals surface area contributed by atoms with Crippen molar-refractivity contribution < 1.29 is 9.18 Å². The molecule has 1 heterocycles. The van der Waals surface area contributed by atoms with Gasteiger partial charge in [-0.2, -0.15) is 0 Å². The average molecular weight is 425 g/mol. The first-order valence-corrected chi connectivity index (χ1v) is 10.3. The molecule has 0 saturated carbocycles. The van der Waals surface area contributed by atoms with Gasteiger partial charge in [0.1, 0.15) is 5.82 Å². The van der Waals surface area contributed by atoms with Gasteiger partial charge in [-0.25, -0.2) is 9.37 Å². The Morgan fingerprint density at radius 3 is 2.48 bits per heavy atom. The van der Waals surface area contributed by atoms with Crippen molar-refractivity contribution in [2.75, 3.05) is 4.90 Å². The van der Waals surface area contributed by atoms with E-state index in [-0.39, 0.29) is 18.1 Å². The minimum Gasteiger partial charge on any atom is -0.283 e. The van der Waals surface area contributed by atoms with Crippen LogP contribution in [0.1, 0.15) is 16.7 Å². The van der Waals surface area contributed by atoms with Crippen molar-refractivity contribution in [3.05, 3.63) is 94.3 Å². The summed E-state index contributed by atoms with van der Waals surface area (Å²) in [6.45, 7) is 2.34. The predicted octanol–water partition coefficient (Wildman–Crippen LogP) is 6.17. The van der Waals surface area contributed by atoms with Crippen LogP contribution in [-0.2, 0) is 17.8 Å². The largest absolute Gasteiger partial charge is 0.283 e. The van der Waals surface area contributed by atoms with Crippen molar-refractivity contribution in [3.8, 4) is 0 Å². The van der Waals surface area contributed by atoms with E-state index in [0.29, 0.717) is 16.7 Å². The Labute approximate surface area is 177 Å². The highest BCUT2D eigenvalue weighted by atomic mass is 35.5. The first kappa shape index (κ1) is 19.6. The van der Waals surface area contributed by atoms with Crippen LogP contribution in [0.4, 0.5) is 9.52 Å². The second kappa shape index (κ2) is 8.31. The lowest BCUT2D eigenvalue weighted by Crippen LogP contribution is -2.31. The normalized spacial score (nSPS) is 11.0. The lowest BCUT2D eigenvalue weighted by atomic mass is 10.1. The zero-order chi connectivity index (χ0) is 20.4. The van der Waals surface area contributed by atoms with E-state index in [9.17, 15) is 9.18 Å². The van der Waals surface area contributed by atoms with E-state index in [2.05, 4.69) is 0 Å². The Balaban J connectivity index is 1.70. The number of halogens is 2. The highest BCUT2D eigenvalue weighted by Gasteiger charge is 2.21. The molecule has 0 aliphatic rings. The van der Waals surface area contributed by atoms with E-state index < -0.39 is 0 Å².